The number of anilines is 1. The molecule has 45 heavy (non-hydrogen) atoms. The van der Waals surface area contributed by atoms with Crippen LogP contribution in [0.2, 0.25) is 10.0 Å². The van der Waals surface area contributed by atoms with Crippen LogP contribution in [0.5, 0.6) is 0 Å². The van der Waals surface area contributed by atoms with E-state index in [0.29, 0.717) is 27.8 Å². The molecule has 0 saturated carbocycles. The third kappa shape index (κ3) is 9.10. The maximum atomic E-state index is 14.5. The largest absolute Gasteiger partial charge is 0.354 e. The number of amides is 2. The monoisotopic (exact) mass is 665 g/mol. The van der Waals surface area contributed by atoms with E-state index in [2.05, 4.69) is 5.32 Å². The number of carbonyl (C=O) groups is 2. The van der Waals surface area contributed by atoms with Crippen molar-refractivity contribution in [3.63, 3.8) is 0 Å². The van der Waals surface area contributed by atoms with Crippen LogP contribution < -0.4 is 9.62 Å². The Morgan fingerprint density at radius 2 is 1.51 bits per heavy atom. The molecule has 0 bridgehead atoms. The van der Waals surface area contributed by atoms with Crippen LogP contribution in [0.4, 0.5) is 5.69 Å². The summed E-state index contributed by atoms with van der Waals surface area (Å²) in [7, 11) is -4.17. The van der Waals surface area contributed by atoms with E-state index in [0.717, 1.165) is 28.3 Å². The van der Waals surface area contributed by atoms with Gasteiger partial charge in [-0.3, -0.25) is 13.9 Å². The second-order valence-corrected chi connectivity index (χ2v) is 13.5. The van der Waals surface area contributed by atoms with Gasteiger partial charge in [-0.2, -0.15) is 0 Å². The Bertz CT molecular complexity index is 1690. The summed E-state index contributed by atoms with van der Waals surface area (Å²) in [6, 6.07) is 28.3. The van der Waals surface area contributed by atoms with E-state index in [1.807, 2.05) is 44.2 Å². The summed E-state index contributed by atoms with van der Waals surface area (Å²) in [5.74, 6) is -0.898. The number of nitrogens with one attached hydrogen (secondary N) is 1. The number of benzene rings is 4. The lowest BCUT2D eigenvalue weighted by molar-refractivity contribution is -0.140. The Hall–Kier alpha value is -3.85. The predicted octanol–water partition coefficient (Wildman–Crippen LogP) is 7.05. The van der Waals surface area contributed by atoms with E-state index >= 15 is 0 Å². The molecule has 4 aromatic rings. The number of para-hydroxylation sites is 1. The second-order valence-electron chi connectivity index (χ2n) is 10.8. The van der Waals surface area contributed by atoms with Gasteiger partial charge < -0.3 is 10.2 Å². The standard InChI is InChI=1S/C35H37Cl2N3O4S/c1-3-4-21-38-35(42)33(22-27-11-7-5-8-12-27)39(24-28-17-18-29(36)23-32(28)37)34(41)25-40(30-13-9-6-10-14-30)45(43,44)31-19-15-26(2)16-20-31/h5-20,23,33H,3-4,21-22,24-25H2,1-2H3,(H,38,42)/t33-/m1/s1. The molecule has 0 radical (unpaired) electrons. The molecule has 7 nitrogen and oxygen atoms in total. The zero-order valence-electron chi connectivity index (χ0n) is 25.3. The molecule has 2 amide bonds. The fraction of sp³-hybridized carbons (Fsp3) is 0.257. The number of hydrogen-bond donors (Lipinski definition) is 1. The highest BCUT2D eigenvalue weighted by atomic mass is 35.5. The van der Waals surface area contributed by atoms with Crippen molar-refractivity contribution in [1.29, 1.82) is 0 Å². The minimum atomic E-state index is -4.17. The van der Waals surface area contributed by atoms with Gasteiger partial charge in [-0.15, -0.1) is 0 Å². The average molecular weight is 667 g/mol. The smallest absolute Gasteiger partial charge is 0.264 e. The van der Waals surface area contributed by atoms with Crippen molar-refractivity contribution in [2.45, 2.75) is 50.6 Å². The lowest BCUT2D eigenvalue weighted by Gasteiger charge is -2.34. The van der Waals surface area contributed by atoms with Crippen molar-refractivity contribution in [2.24, 2.45) is 0 Å². The summed E-state index contributed by atoms with van der Waals surface area (Å²) in [5, 5.41) is 3.74. The van der Waals surface area contributed by atoms with Gasteiger partial charge >= 0.3 is 0 Å². The summed E-state index contributed by atoms with van der Waals surface area (Å²) >= 11 is 12.7. The molecule has 1 N–H and O–H groups in total. The Morgan fingerprint density at radius 1 is 0.867 bits per heavy atom. The van der Waals surface area contributed by atoms with Gasteiger partial charge in [0.05, 0.1) is 10.6 Å². The molecule has 0 unspecified atom stereocenters. The third-order valence-electron chi connectivity index (χ3n) is 7.39. The van der Waals surface area contributed by atoms with E-state index in [1.165, 1.54) is 17.0 Å². The summed E-state index contributed by atoms with van der Waals surface area (Å²) in [4.78, 5) is 29.8. The molecule has 0 aliphatic rings. The molecular weight excluding hydrogens is 629 g/mol. The first-order chi connectivity index (χ1) is 21.6. The number of sulfonamides is 1. The van der Waals surface area contributed by atoms with Crippen LogP contribution in [0.3, 0.4) is 0 Å². The molecule has 0 aliphatic carbocycles. The summed E-state index contributed by atoms with van der Waals surface area (Å²) in [6.07, 6.45) is 1.87. The fourth-order valence-electron chi connectivity index (χ4n) is 4.85. The first-order valence-electron chi connectivity index (χ1n) is 14.8. The van der Waals surface area contributed by atoms with Crippen LogP contribution in [-0.4, -0.2) is 44.3 Å². The van der Waals surface area contributed by atoms with Crippen LogP contribution in [0.15, 0.2) is 108 Å². The van der Waals surface area contributed by atoms with Gasteiger partial charge in [0.15, 0.2) is 0 Å². The number of carbonyl (C=O) groups excluding carboxylic acids is 2. The van der Waals surface area contributed by atoms with Crippen LogP contribution in [0, 0.1) is 6.92 Å². The van der Waals surface area contributed by atoms with E-state index in [1.54, 1.807) is 60.7 Å². The molecule has 0 saturated heterocycles. The highest BCUT2D eigenvalue weighted by Crippen LogP contribution is 2.27. The Balaban J connectivity index is 1.79. The lowest BCUT2D eigenvalue weighted by atomic mass is 10.0. The van der Waals surface area contributed by atoms with Gasteiger partial charge in [0, 0.05) is 29.6 Å². The Labute approximate surface area is 275 Å². The molecule has 0 fully saturated rings. The summed E-state index contributed by atoms with van der Waals surface area (Å²) in [6.45, 7) is 3.76. The average Bonchev–Trinajstić information content (AvgIpc) is 3.03. The SMILES string of the molecule is CCCCNC(=O)[C@@H](Cc1ccccc1)N(Cc1ccc(Cl)cc1Cl)C(=O)CN(c1ccccc1)S(=O)(=O)c1ccc(C)cc1. The van der Waals surface area contributed by atoms with E-state index in [4.69, 9.17) is 23.2 Å². The molecule has 0 heterocycles. The number of hydrogen-bond acceptors (Lipinski definition) is 4. The summed E-state index contributed by atoms with van der Waals surface area (Å²) in [5.41, 5.74) is 2.64. The number of rotatable bonds is 14. The fourth-order valence-corrected chi connectivity index (χ4v) is 6.74. The molecule has 0 aliphatic heterocycles. The van der Waals surface area contributed by atoms with Gasteiger partial charge in [0.25, 0.3) is 10.0 Å². The minimum Gasteiger partial charge on any atom is -0.354 e. The minimum absolute atomic E-state index is 0.0409. The predicted molar refractivity (Wildman–Crippen MR) is 181 cm³/mol. The molecule has 1 atom stereocenters. The molecule has 4 rings (SSSR count). The van der Waals surface area contributed by atoms with Crippen molar-refractivity contribution >= 4 is 50.7 Å². The number of halogens is 2. The quantitative estimate of drug-likeness (QED) is 0.146. The van der Waals surface area contributed by atoms with Crippen LogP contribution in [0.1, 0.15) is 36.5 Å². The Kier molecular flexibility index (Phi) is 12.0. The normalized spacial score (nSPS) is 11.9. The van der Waals surface area contributed by atoms with Crippen molar-refractivity contribution < 1.29 is 18.0 Å². The van der Waals surface area contributed by atoms with Crippen molar-refractivity contribution in [1.82, 2.24) is 10.2 Å². The van der Waals surface area contributed by atoms with Gasteiger partial charge in [0.1, 0.15) is 12.6 Å². The van der Waals surface area contributed by atoms with Crippen LogP contribution in [0.25, 0.3) is 0 Å². The van der Waals surface area contributed by atoms with E-state index in [9.17, 15) is 18.0 Å². The van der Waals surface area contributed by atoms with Crippen LogP contribution >= 0.6 is 23.2 Å². The highest BCUT2D eigenvalue weighted by Gasteiger charge is 2.34. The van der Waals surface area contributed by atoms with Crippen molar-refractivity contribution in [3.8, 4) is 0 Å². The van der Waals surface area contributed by atoms with Gasteiger partial charge in [0.2, 0.25) is 11.8 Å². The Morgan fingerprint density at radius 3 is 2.13 bits per heavy atom. The number of unbranched alkanes of at least 4 members (excludes halogenated alkanes) is 1. The maximum absolute atomic E-state index is 14.5. The molecule has 0 aromatic heterocycles. The van der Waals surface area contributed by atoms with Gasteiger partial charge in [-0.1, -0.05) is 109 Å². The topological polar surface area (TPSA) is 86.8 Å². The molecule has 10 heteroatoms. The second kappa shape index (κ2) is 15.9. The van der Waals surface area contributed by atoms with Crippen LogP contribution in [-0.2, 0) is 32.6 Å². The van der Waals surface area contributed by atoms with Gasteiger partial charge in [-0.25, -0.2) is 8.42 Å². The third-order valence-corrected chi connectivity index (χ3v) is 9.76. The highest BCUT2D eigenvalue weighted by molar-refractivity contribution is 7.92. The molecule has 0 spiro atoms. The first-order valence-corrected chi connectivity index (χ1v) is 17.0. The zero-order valence-corrected chi connectivity index (χ0v) is 27.7. The maximum Gasteiger partial charge on any atom is 0.264 e. The molecular formula is C35H37Cl2N3O4S. The van der Waals surface area contributed by atoms with E-state index < -0.39 is 28.5 Å². The van der Waals surface area contributed by atoms with Crippen molar-refractivity contribution in [3.05, 3.63) is 130 Å². The van der Waals surface area contributed by atoms with E-state index in [-0.39, 0.29) is 23.8 Å². The molecule has 4 aromatic carbocycles. The molecule has 236 valence electrons. The number of nitrogens with zero attached hydrogens (tertiary/aromatic N) is 2. The zero-order chi connectivity index (χ0) is 32.4. The number of aryl methyl sites for hydroxylation is 1. The summed E-state index contributed by atoms with van der Waals surface area (Å²) < 4.78 is 29.2. The van der Waals surface area contributed by atoms with Crippen molar-refractivity contribution in [2.75, 3.05) is 17.4 Å². The first kappa shape index (κ1) is 34.0. The lowest BCUT2D eigenvalue weighted by Crippen LogP contribution is -2.53. The van der Waals surface area contributed by atoms with Gasteiger partial charge in [-0.05, 0) is 60.9 Å².